The Morgan fingerprint density at radius 3 is 2.57 bits per heavy atom. The zero-order chi connectivity index (χ0) is 18.3. The van der Waals surface area contributed by atoms with Crippen LogP contribution in [0.25, 0.3) is 5.82 Å². The standard InChI is InChI=1S/C20H21N5O.2ClH/c1-13-11-14(2)25(23-13)19-9-8-15(12-22-19)20(26)24-10-4-5-16-17(21)6-3-7-18(16)24;;/h3,6-9,11-12H,4-5,10,21H2,1-2H3;2*1H. The highest BCUT2D eigenvalue weighted by Gasteiger charge is 2.25. The molecule has 0 saturated heterocycles. The third kappa shape index (κ3) is 3.84. The number of carbonyl (C=O) groups is 1. The van der Waals surface area contributed by atoms with Crippen LogP contribution in [0.2, 0.25) is 0 Å². The van der Waals surface area contributed by atoms with Gasteiger partial charge in [-0.25, -0.2) is 9.67 Å². The monoisotopic (exact) mass is 419 g/mol. The lowest BCUT2D eigenvalue weighted by molar-refractivity contribution is 0.0985. The van der Waals surface area contributed by atoms with Crippen LogP contribution in [0.3, 0.4) is 0 Å². The summed E-state index contributed by atoms with van der Waals surface area (Å²) in [7, 11) is 0. The molecule has 4 rings (SSSR count). The number of benzene rings is 1. The van der Waals surface area contributed by atoms with Crippen molar-refractivity contribution in [1.29, 1.82) is 0 Å². The van der Waals surface area contributed by atoms with E-state index < -0.39 is 0 Å². The van der Waals surface area contributed by atoms with E-state index in [1.807, 2.05) is 50.2 Å². The van der Waals surface area contributed by atoms with Gasteiger partial charge in [0.1, 0.15) is 0 Å². The van der Waals surface area contributed by atoms with Gasteiger partial charge < -0.3 is 10.6 Å². The van der Waals surface area contributed by atoms with Crippen LogP contribution < -0.4 is 10.6 Å². The van der Waals surface area contributed by atoms with E-state index in [1.165, 1.54) is 0 Å². The number of rotatable bonds is 2. The van der Waals surface area contributed by atoms with Crippen molar-refractivity contribution >= 4 is 42.1 Å². The number of amides is 1. The van der Waals surface area contributed by atoms with Crippen LogP contribution in [0, 0.1) is 13.8 Å². The van der Waals surface area contributed by atoms with Crippen LogP contribution in [0.4, 0.5) is 11.4 Å². The van der Waals surface area contributed by atoms with Gasteiger partial charge in [-0.2, -0.15) is 5.10 Å². The molecule has 2 aromatic heterocycles. The van der Waals surface area contributed by atoms with Crippen LogP contribution in [0.15, 0.2) is 42.6 Å². The number of hydrogen-bond acceptors (Lipinski definition) is 4. The lowest BCUT2D eigenvalue weighted by Crippen LogP contribution is -2.35. The number of aromatic nitrogens is 3. The molecule has 0 atom stereocenters. The van der Waals surface area contributed by atoms with Gasteiger partial charge in [-0.3, -0.25) is 4.79 Å². The fourth-order valence-corrected chi connectivity index (χ4v) is 3.52. The van der Waals surface area contributed by atoms with Gasteiger partial charge in [-0.05, 0) is 62.6 Å². The van der Waals surface area contributed by atoms with Gasteiger partial charge in [0.05, 0.1) is 11.3 Å². The normalized spacial score (nSPS) is 12.6. The molecule has 3 heterocycles. The van der Waals surface area contributed by atoms with Gasteiger partial charge in [0.2, 0.25) is 0 Å². The molecule has 0 bridgehead atoms. The van der Waals surface area contributed by atoms with Crippen molar-refractivity contribution in [1.82, 2.24) is 14.8 Å². The third-order valence-corrected chi connectivity index (χ3v) is 4.75. The molecule has 1 aliphatic heterocycles. The number of aryl methyl sites for hydroxylation is 2. The van der Waals surface area contributed by atoms with Crippen molar-refractivity contribution in [2.45, 2.75) is 26.7 Å². The zero-order valence-corrected chi connectivity index (χ0v) is 17.4. The molecule has 0 fully saturated rings. The molecule has 0 saturated carbocycles. The Hall–Kier alpha value is -2.57. The predicted molar refractivity (Wildman–Crippen MR) is 116 cm³/mol. The van der Waals surface area contributed by atoms with E-state index in [2.05, 4.69) is 10.1 Å². The van der Waals surface area contributed by atoms with Crippen LogP contribution in [0.5, 0.6) is 0 Å². The van der Waals surface area contributed by atoms with E-state index in [4.69, 9.17) is 5.73 Å². The van der Waals surface area contributed by atoms with E-state index in [0.29, 0.717) is 17.9 Å². The summed E-state index contributed by atoms with van der Waals surface area (Å²) in [6.45, 7) is 4.62. The van der Waals surface area contributed by atoms with Gasteiger partial charge in [0, 0.05) is 29.8 Å². The van der Waals surface area contributed by atoms with E-state index >= 15 is 0 Å². The average Bonchev–Trinajstić information content (AvgIpc) is 2.99. The van der Waals surface area contributed by atoms with E-state index in [9.17, 15) is 4.79 Å². The van der Waals surface area contributed by atoms with Gasteiger partial charge in [0.25, 0.3) is 5.91 Å². The Morgan fingerprint density at radius 1 is 1.14 bits per heavy atom. The maximum atomic E-state index is 13.0. The van der Waals surface area contributed by atoms with Crippen molar-refractivity contribution in [3.8, 4) is 5.82 Å². The van der Waals surface area contributed by atoms with Crippen LogP contribution >= 0.6 is 24.8 Å². The summed E-state index contributed by atoms with van der Waals surface area (Å²) in [4.78, 5) is 19.3. The SMILES string of the molecule is Cc1cc(C)n(-c2ccc(C(=O)N3CCCc4c(N)cccc43)cn2)n1.Cl.Cl. The maximum absolute atomic E-state index is 13.0. The average molecular weight is 420 g/mol. The van der Waals surface area contributed by atoms with Gasteiger partial charge in [-0.15, -0.1) is 24.8 Å². The molecule has 0 radical (unpaired) electrons. The van der Waals surface area contributed by atoms with Gasteiger partial charge in [-0.1, -0.05) is 6.07 Å². The summed E-state index contributed by atoms with van der Waals surface area (Å²) in [5, 5.41) is 4.43. The minimum absolute atomic E-state index is 0. The van der Waals surface area contributed by atoms with Crippen LogP contribution in [-0.2, 0) is 6.42 Å². The number of halogens is 2. The minimum Gasteiger partial charge on any atom is -0.398 e. The maximum Gasteiger partial charge on any atom is 0.259 e. The second kappa shape index (κ2) is 8.63. The largest absolute Gasteiger partial charge is 0.398 e. The number of fused-ring (bicyclic) bond motifs is 1. The second-order valence-electron chi connectivity index (χ2n) is 6.65. The topological polar surface area (TPSA) is 77.0 Å². The lowest BCUT2D eigenvalue weighted by atomic mass is 9.99. The molecule has 3 aromatic rings. The van der Waals surface area contributed by atoms with Crippen LogP contribution in [-0.4, -0.2) is 27.2 Å². The highest BCUT2D eigenvalue weighted by atomic mass is 35.5. The first-order chi connectivity index (χ1) is 12.5. The highest BCUT2D eigenvalue weighted by Crippen LogP contribution is 2.32. The number of nitrogen functional groups attached to an aromatic ring is 1. The minimum atomic E-state index is -0.0519. The number of nitrogens with zero attached hydrogens (tertiary/aromatic N) is 4. The first-order valence-corrected chi connectivity index (χ1v) is 8.73. The lowest BCUT2D eigenvalue weighted by Gasteiger charge is -2.30. The first-order valence-electron chi connectivity index (χ1n) is 8.73. The molecule has 6 nitrogen and oxygen atoms in total. The summed E-state index contributed by atoms with van der Waals surface area (Å²) in [5.74, 6) is 0.652. The number of anilines is 2. The number of pyridine rings is 1. The van der Waals surface area contributed by atoms with Crippen molar-refractivity contribution in [2.75, 3.05) is 17.2 Å². The molecular formula is C20H23Cl2N5O. The number of carbonyl (C=O) groups excluding carboxylic acids is 1. The Kier molecular flexibility index (Phi) is 6.69. The summed E-state index contributed by atoms with van der Waals surface area (Å²) in [6.07, 6.45) is 3.43. The molecule has 2 N–H and O–H groups in total. The molecule has 8 heteroatoms. The smallest absolute Gasteiger partial charge is 0.259 e. The zero-order valence-electron chi connectivity index (χ0n) is 15.8. The van der Waals surface area contributed by atoms with Crippen LogP contribution in [0.1, 0.15) is 33.7 Å². The van der Waals surface area contributed by atoms with Crippen molar-refractivity contribution in [2.24, 2.45) is 0 Å². The van der Waals surface area contributed by atoms with Gasteiger partial charge >= 0.3 is 0 Å². The Labute approximate surface area is 176 Å². The molecule has 0 spiro atoms. The fraction of sp³-hybridized carbons (Fsp3) is 0.250. The van der Waals surface area contributed by atoms with E-state index in [0.717, 1.165) is 41.2 Å². The molecular weight excluding hydrogens is 397 g/mol. The Bertz CT molecular complexity index is 985. The molecule has 0 unspecified atom stereocenters. The molecule has 1 amide bonds. The van der Waals surface area contributed by atoms with Crippen molar-refractivity contribution < 1.29 is 4.79 Å². The van der Waals surface area contributed by atoms with E-state index in [1.54, 1.807) is 15.8 Å². The van der Waals surface area contributed by atoms with E-state index in [-0.39, 0.29) is 30.7 Å². The third-order valence-electron chi connectivity index (χ3n) is 4.75. The van der Waals surface area contributed by atoms with Crippen molar-refractivity contribution in [3.05, 3.63) is 65.1 Å². The Balaban J connectivity index is 0.00000140. The Morgan fingerprint density at radius 2 is 1.93 bits per heavy atom. The number of nitrogens with two attached hydrogens (primary N) is 1. The molecule has 148 valence electrons. The highest BCUT2D eigenvalue weighted by molar-refractivity contribution is 6.07. The quantitative estimate of drug-likeness (QED) is 0.638. The van der Waals surface area contributed by atoms with Gasteiger partial charge in [0.15, 0.2) is 5.82 Å². The molecule has 1 aromatic carbocycles. The molecule has 28 heavy (non-hydrogen) atoms. The summed E-state index contributed by atoms with van der Waals surface area (Å²) in [6, 6.07) is 11.4. The second-order valence-corrected chi connectivity index (χ2v) is 6.65. The first kappa shape index (κ1) is 21.7. The fourth-order valence-electron chi connectivity index (χ4n) is 3.52. The molecule has 0 aliphatic carbocycles. The predicted octanol–water partition coefficient (Wildman–Crippen LogP) is 3.90. The molecule has 1 aliphatic rings. The summed E-state index contributed by atoms with van der Waals surface area (Å²) in [5.41, 5.74) is 11.3. The summed E-state index contributed by atoms with van der Waals surface area (Å²) >= 11 is 0. The number of hydrogen-bond donors (Lipinski definition) is 1. The summed E-state index contributed by atoms with van der Waals surface area (Å²) < 4.78 is 1.78. The van der Waals surface area contributed by atoms with Crippen molar-refractivity contribution in [3.63, 3.8) is 0 Å².